The number of alkyl halides is 3. The predicted molar refractivity (Wildman–Crippen MR) is 61.6 cm³/mol. The van der Waals surface area contributed by atoms with Gasteiger partial charge in [0, 0.05) is 5.69 Å². The number of halogens is 3. The molecule has 108 valence electrons. The smallest absolute Gasteiger partial charge is 0.390 e. The molecule has 2 rings (SSSR count). The summed E-state index contributed by atoms with van der Waals surface area (Å²) in [5, 5.41) is 22.6. The Balaban J connectivity index is 2.36. The van der Waals surface area contributed by atoms with Crippen LogP contribution in [0.2, 0.25) is 0 Å². The molecular weight excluding hydrogens is 261 g/mol. The van der Waals surface area contributed by atoms with Gasteiger partial charge in [0.25, 0.3) is 0 Å². The number of aliphatic hydroxyl groups excluding tert-OH is 2. The van der Waals surface area contributed by atoms with Gasteiger partial charge in [-0.05, 0) is 24.8 Å². The quantitative estimate of drug-likeness (QED) is 0.870. The fourth-order valence-corrected chi connectivity index (χ4v) is 2.44. The van der Waals surface area contributed by atoms with E-state index in [9.17, 15) is 23.4 Å². The van der Waals surface area contributed by atoms with Crippen LogP contribution >= 0.6 is 0 Å². The molecule has 1 saturated carbocycles. The molecule has 0 radical (unpaired) electrons. The number of aliphatic hydroxyl groups is 2. The first kappa shape index (κ1) is 14.3. The summed E-state index contributed by atoms with van der Waals surface area (Å²) >= 11 is 0. The van der Waals surface area contributed by atoms with Gasteiger partial charge in [0.2, 0.25) is 0 Å². The Morgan fingerprint density at radius 2 is 1.79 bits per heavy atom. The van der Waals surface area contributed by atoms with Gasteiger partial charge in [-0.25, -0.2) is 0 Å². The molecule has 4 nitrogen and oxygen atoms in total. The van der Waals surface area contributed by atoms with E-state index in [-0.39, 0.29) is 18.8 Å². The summed E-state index contributed by atoms with van der Waals surface area (Å²) in [6.45, 7) is 3.57. The molecule has 2 unspecified atom stereocenters. The number of rotatable bonds is 2. The molecule has 1 aliphatic rings. The van der Waals surface area contributed by atoms with Crippen molar-refractivity contribution in [1.82, 2.24) is 9.78 Å². The van der Waals surface area contributed by atoms with Gasteiger partial charge in [0.1, 0.15) is 0 Å². The molecule has 1 aromatic heterocycles. The Hall–Kier alpha value is -1.08. The summed E-state index contributed by atoms with van der Waals surface area (Å²) < 4.78 is 39.4. The van der Waals surface area contributed by atoms with Crippen LogP contribution in [0.1, 0.15) is 50.0 Å². The highest BCUT2D eigenvalue weighted by molar-refractivity contribution is 5.17. The normalized spacial score (nSPS) is 28.3. The van der Waals surface area contributed by atoms with Crippen molar-refractivity contribution in [2.75, 3.05) is 0 Å². The molecule has 2 atom stereocenters. The molecule has 1 aliphatic carbocycles. The van der Waals surface area contributed by atoms with Crippen LogP contribution in [0.4, 0.5) is 13.2 Å². The lowest BCUT2D eigenvalue weighted by molar-refractivity contribution is -0.141. The van der Waals surface area contributed by atoms with E-state index >= 15 is 0 Å². The predicted octanol–water partition coefficient (Wildman–Crippen LogP) is 2.08. The van der Waals surface area contributed by atoms with E-state index in [0.29, 0.717) is 5.69 Å². The summed E-state index contributed by atoms with van der Waals surface area (Å²) in [4.78, 5) is 0. The zero-order valence-electron chi connectivity index (χ0n) is 10.7. The van der Waals surface area contributed by atoms with E-state index in [4.69, 9.17) is 0 Å². The van der Waals surface area contributed by atoms with Crippen LogP contribution in [0.3, 0.4) is 0 Å². The molecule has 1 heterocycles. The monoisotopic (exact) mass is 278 g/mol. The van der Waals surface area contributed by atoms with Crippen LogP contribution in [-0.2, 0) is 6.18 Å². The third-order valence-electron chi connectivity index (χ3n) is 3.46. The van der Waals surface area contributed by atoms with Gasteiger partial charge < -0.3 is 10.2 Å². The summed E-state index contributed by atoms with van der Waals surface area (Å²) in [6.07, 6.45) is -5.84. The van der Waals surface area contributed by atoms with Crippen molar-refractivity contribution in [1.29, 1.82) is 0 Å². The number of hydrogen-bond acceptors (Lipinski definition) is 3. The number of aromatic nitrogens is 2. The average molecular weight is 278 g/mol. The topological polar surface area (TPSA) is 58.3 Å². The lowest BCUT2D eigenvalue weighted by Crippen LogP contribution is -2.17. The fourth-order valence-electron chi connectivity index (χ4n) is 2.44. The van der Waals surface area contributed by atoms with Gasteiger partial charge in [-0.2, -0.15) is 18.3 Å². The van der Waals surface area contributed by atoms with Gasteiger partial charge in [0.15, 0.2) is 5.69 Å². The van der Waals surface area contributed by atoms with E-state index in [0.717, 1.165) is 6.07 Å². The van der Waals surface area contributed by atoms with Crippen LogP contribution in [0.15, 0.2) is 6.07 Å². The second-order valence-electron chi connectivity index (χ2n) is 5.31. The maximum atomic E-state index is 12.7. The van der Waals surface area contributed by atoms with Crippen molar-refractivity contribution in [3.05, 3.63) is 17.5 Å². The highest BCUT2D eigenvalue weighted by Crippen LogP contribution is 2.36. The Bertz CT molecular complexity index is 446. The van der Waals surface area contributed by atoms with E-state index in [2.05, 4.69) is 5.10 Å². The van der Waals surface area contributed by atoms with Crippen molar-refractivity contribution in [3.63, 3.8) is 0 Å². The molecule has 0 spiro atoms. The zero-order valence-corrected chi connectivity index (χ0v) is 10.7. The minimum Gasteiger partial charge on any atom is -0.390 e. The second-order valence-corrected chi connectivity index (χ2v) is 5.31. The van der Waals surface area contributed by atoms with Crippen LogP contribution in [0.25, 0.3) is 0 Å². The van der Waals surface area contributed by atoms with Crippen LogP contribution < -0.4 is 0 Å². The summed E-state index contributed by atoms with van der Waals surface area (Å²) in [6, 6.07) is 0.653. The SMILES string of the molecule is CC(C)c1cc(C(F)(F)F)nn1C1CC(O)C(O)C1. The molecule has 2 N–H and O–H groups in total. The lowest BCUT2D eigenvalue weighted by atomic mass is 10.1. The summed E-state index contributed by atoms with van der Waals surface area (Å²) in [5.74, 6) is -0.113. The highest BCUT2D eigenvalue weighted by atomic mass is 19.4. The molecule has 7 heteroatoms. The van der Waals surface area contributed by atoms with E-state index in [1.54, 1.807) is 13.8 Å². The third kappa shape index (κ3) is 2.76. The maximum Gasteiger partial charge on any atom is 0.435 e. The first-order valence-electron chi connectivity index (χ1n) is 6.23. The minimum absolute atomic E-state index is 0.113. The highest BCUT2D eigenvalue weighted by Gasteiger charge is 2.39. The molecule has 0 aromatic carbocycles. The maximum absolute atomic E-state index is 12.7. The van der Waals surface area contributed by atoms with Crippen LogP contribution in [0, 0.1) is 0 Å². The number of hydrogen-bond donors (Lipinski definition) is 2. The van der Waals surface area contributed by atoms with Crippen molar-refractivity contribution in [2.45, 2.75) is 57.0 Å². The molecule has 0 bridgehead atoms. The van der Waals surface area contributed by atoms with Crippen molar-refractivity contribution in [3.8, 4) is 0 Å². The largest absolute Gasteiger partial charge is 0.435 e. The lowest BCUT2D eigenvalue weighted by Gasteiger charge is -2.16. The molecule has 1 aromatic rings. The molecular formula is C12H17F3N2O2. The number of nitrogens with zero attached hydrogens (tertiary/aromatic N) is 2. The van der Waals surface area contributed by atoms with Gasteiger partial charge in [-0.1, -0.05) is 13.8 Å². The minimum atomic E-state index is -4.48. The van der Waals surface area contributed by atoms with Crippen molar-refractivity contribution in [2.24, 2.45) is 0 Å². The van der Waals surface area contributed by atoms with Gasteiger partial charge in [0.05, 0.1) is 18.2 Å². The third-order valence-corrected chi connectivity index (χ3v) is 3.46. The first-order valence-corrected chi connectivity index (χ1v) is 6.23. The van der Waals surface area contributed by atoms with E-state index in [1.807, 2.05) is 0 Å². The van der Waals surface area contributed by atoms with Crippen LogP contribution in [-0.4, -0.2) is 32.2 Å². The van der Waals surface area contributed by atoms with Gasteiger partial charge in [-0.15, -0.1) is 0 Å². The summed E-state index contributed by atoms with van der Waals surface area (Å²) in [5.41, 5.74) is -0.453. The molecule has 19 heavy (non-hydrogen) atoms. The molecule has 1 fully saturated rings. The standard InChI is InChI=1S/C12H17F3N2O2/c1-6(2)8-5-11(12(13,14)15)16-17(8)7-3-9(18)10(19)4-7/h5-7,9-10,18-19H,3-4H2,1-2H3. The summed E-state index contributed by atoms with van der Waals surface area (Å²) in [7, 11) is 0. The van der Waals surface area contributed by atoms with E-state index in [1.165, 1.54) is 4.68 Å². The van der Waals surface area contributed by atoms with Crippen molar-refractivity contribution >= 4 is 0 Å². The van der Waals surface area contributed by atoms with Gasteiger partial charge >= 0.3 is 6.18 Å². The molecule has 0 amide bonds. The molecule has 0 saturated heterocycles. The Morgan fingerprint density at radius 1 is 1.26 bits per heavy atom. The zero-order chi connectivity index (χ0) is 14.4. The van der Waals surface area contributed by atoms with Crippen LogP contribution in [0.5, 0.6) is 0 Å². The Labute approximate surface area is 108 Å². The van der Waals surface area contributed by atoms with E-state index < -0.39 is 30.1 Å². The van der Waals surface area contributed by atoms with Gasteiger partial charge in [-0.3, -0.25) is 4.68 Å². The Kier molecular flexibility index (Phi) is 3.61. The van der Waals surface area contributed by atoms with Crippen molar-refractivity contribution < 1.29 is 23.4 Å². The fraction of sp³-hybridized carbons (Fsp3) is 0.750. The first-order chi connectivity index (χ1) is 8.70. The second kappa shape index (κ2) is 4.79. The Morgan fingerprint density at radius 3 is 2.21 bits per heavy atom. The molecule has 0 aliphatic heterocycles. The average Bonchev–Trinajstić information content (AvgIpc) is 2.82.